The van der Waals surface area contributed by atoms with Crippen molar-refractivity contribution in [3.05, 3.63) is 42.4 Å². The van der Waals surface area contributed by atoms with Crippen LogP contribution in [0.15, 0.2) is 36.5 Å². The molecule has 0 unspecified atom stereocenters. The molecule has 2 aromatic heterocycles. The van der Waals surface area contributed by atoms with E-state index >= 15 is 0 Å². The summed E-state index contributed by atoms with van der Waals surface area (Å²) in [5.41, 5.74) is 2.75. The van der Waals surface area contributed by atoms with Crippen LogP contribution in [0.2, 0.25) is 0 Å². The molecular formula is C12H9F3N6. The van der Waals surface area contributed by atoms with Gasteiger partial charge in [-0.2, -0.15) is 18.3 Å². The van der Waals surface area contributed by atoms with Gasteiger partial charge in [0.25, 0.3) is 0 Å². The van der Waals surface area contributed by atoms with E-state index in [-0.39, 0.29) is 11.5 Å². The number of halogens is 3. The third-order valence-electron chi connectivity index (χ3n) is 2.82. The van der Waals surface area contributed by atoms with Gasteiger partial charge in [-0.15, -0.1) is 0 Å². The summed E-state index contributed by atoms with van der Waals surface area (Å²) < 4.78 is 39.8. The zero-order chi connectivity index (χ0) is 15.0. The highest BCUT2D eigenvalue weighted by Gasteiger charge is 2.36. The highest BCUT2D eigenvalue weighted by Crippen LogP contribution is 2.30. The van der Waals surface area contributed by atoms with E-state index < -0.39 is 12.0 Å². The number of aromatic nitrogens is 4. The molecule has 3 aromatic rings. The zero-order valence-electron chi connectivity index (χ0n) is 10.5. The van der Waals surface area contributed by atoms with E-state index in [2.05, 4.69) is 20.5 Å². The first-order valence-electron chi connectivity index (χ1n) is 5.85. The minimum absolute atomic E-state index is 0.0245. The molecule has 3 rings (SSSR count). The molecule has 9 heteroatoms. The minimum Gasteiger partial charge on any atom is -0.308 e. The Labute approximate surface area is 116 Å². The number of nitrogens with zero attached hydrogens (tertiary/aromatic N) is 4. The van der Waals surface area contributed by atoms with E-state index in [1.807, 2.05) is 0 Å². The fraction of sp³-hybridized carbons (Fsp3) is 0.0833. The molecule has 0 aliphatic carbocycles. The standard InChI is InChI=1S/C12H9F3N6/c13-12(14,15)11-18-9(20-16)8-6-17-21(10(8)19-11)7-4-2-1-3-5-7/h1-6H,16H2,(H,18,19,20). The summed E-state index contributed by atoms with van der Waals surface area (Å²) >= 11 is 0. The topological polar surface area (TPSA) is 81.7 Å². The van der Waals surface area contributed by atoms with Crippen LogP contribution in [-0.4, -0.2) is 19.7 Å². The molecule has 6 nitrogen and oxygen atoms in total. The van der Waals surface area contributed by atoms with Gasteiger partial charge in [-0.3, -0.25) is 0 Å². The maximum absolute atomic E-state index is 12.8. The number of nitrogen functional groups attached to an aromatic ring is 1. The Hall–Kier alpha value is -2.68. The van der Waals surface area contributed by atoms with Crippen LogP contribution in [0.3, 0.4) is 0 Å². The lowest BCUT2D eigenvalue weighted by molar-refractivity contribution is -0.144. The number of anilines is 1. The van der Waals surface area contributed by atoms with E-state index in [0.717, 1.165) is 0 Å². The minimum atomic E-state index is -4.68. The monoisotopic (exact) mass is 294 g/mol. The first-order chi connectivity index (χ1) is 10.0. The number of nitrogens with two attached hydrogens (primary N) is 1. The van der Waals surface area contributed by atoms with Crippen molar-refractivity contribution >= 4 is 16.9 Å². The summed E-state index contributed by atoms with van der Waals surface area (Å²) in [5, 5.41) is 4.35. The molecule has 0 aliphatic heterocycles. The summed E-state index contributed by atoms with van der Waals surface area (Å²) in [6, 6.07) is 8.69. The number of rotatable bonds is 2. The normalized spacial score (nSPS) is 11.8. The van der Waals surface area contributed by atoms with Gasteiger partial charge in [-0.25, -0.2) is 20.5 Å². The Morgan fingerprint density at radius 2 is 1.81 bits per heavy atom. The van der Waals surface area contributed by atoms with Crippen molar-refractivity contribution in [2.75, 3.05) is 5.43 Å². The predicted molar refractivity (Wildman–Crippen MR) is 69.5 cm³/mol. The van der Waals surface area contributed by atoms with Gasteiger partial charge in [0.1, 0.15) is 0 Å². The second-order valence-corrected chi connectivity index (χ2v) is 4.17. The van der Waals surface area contributed by atoms with Gasteiger partial charge in [0.05, 0.1) is 17.3 Å². The Morgan fingerprint density at radius 3 is 2.43 bits per heavy atom. The first kappa shape index (κ1) is 13.3. The van der Waals surface area contributed by atoms with Gasteiger partial charge >= 0.3 is 6.18 Å². The van der Waals surface area contributed by atoms with Gasteiger partial charge in [0, 0.05) is 0 Å². The number of hydrogen-bond acceptors (Lipinski definition) is 5. The second-order valence-electron chi connectivity index (χ2n) is 4.17. The number of benzene rings is 1. The van der Waals surface area contributed by atoms with Gasteiger partial charge < -0.3 is 5.43 Å². The SMILES string of the molecule is NNc1nc(C(F)(F)F)nc2c1cnn2-c1ccccc1. The average Bonchev–Trinajstić information content (AvgIpc) is 2.90. The van der Waals surface area contributed by atoms with Gasteiger partial charge in [-0.05, 0) is 12.1 Å². The van der Waals surface area contributed by atoms with E-state index in [1.54, 1.807) is 30.3 Å². The molecule has 0 amide bonds. The van der Waals surface area contributed by atoms with Gasteiger partial charge in [-0.1, -0.05) is 18.2 Å². The molecule has 0 radical (unpaired) electrons. The summed E-state index contributed by atoms with van der Waals surface area (Å²) in [6.07, 6.45) is -3.32. The number of fused-ring (bicyclic) bond motifs is 1. The van der Waals surface area contributed by atoms with Gasteiger partial charge in [0.2, 0.25) is 5.82 Å². The number of hydrogen-bond donors (Lipinski definition) is 2. The van der Waals surface area contributed by atoms with Crippen LogP contribution < -0.4 is 11.3 Å². The molecule has 0 aliphatic rings. The maximum Gasteiger partial charge on any atom is 0.451 e. The highest BCUT2D eigenvalue weighted by molar-refractivity contribution is 5.87. The Balaban J connectivity index is 2.29. The van der Waals surface area contributed by atoms with Crippen LogP contribution in [0.25, 0.3) is 16.7 Å². The second kappa shape index (κ2) is 4.70. The van der Waals surface area contributed by atoms with Crippen molar-refractivity contribution in [2.24, 2.45) is 5.84 Å². The summed E-state index contributed by atoms with van der Waals surface area (Å²) in [6.45, 7) is 0. The smallest absolute Gasteiger partial charge is 0.308 e. The molecule has 3 N–H and O–H groups in total. The summed E-state index contributed by atoms with van der Waals surface area (Å²) in [5.74, 6) is 3.82. The highest BCUT2D eigenvalue weighted by atomic mass is 19.4. The van der Waals surface area contributed by atoms with Crippen molar-refractivity contribution in [3.8, 4) is 5.69 Å². The predicted octanol–water partition coefficient (Wildman–Crippen LogP) is 2.12. The van der Waals surface area contributed by atoms with Crippen molar-refractivity contribution in [3.63, 3.8) is 0 Å². The summed E-state index contributed by atoms with van der Waals surface area (Å²) in [7, 11) is 0. The van der Waals surface area contributed by atoms with Crippen molar-refractivity contribution < 1.29 is 13.2 Å². The van der Waals surface area contributed by atoms with Crippen LogP contribution in [-0.2, 0) is 6.18 Å². The third kappa shape index (κ3) is 2.27. The largest absolute Gasteiger partial charge is 0.451 e. The molecule has 0 saturated heterocycles. The van der Waals surface area contributed by atoms with Gasteiger partial charge in [0.15, 0.2) is 11.5 Å². The third-order valence-corrected chi connectivity index (χ3v) is 2.82. The quantitative estimate of drug-likeness (QED) is 0.559. The number of alkyl halides is 3. The Bertz CT molecular complexity index is 781. The van der Waals surface area contributed by atoms with Crippen molar-refractivity contribution in [1.82, 2.24) is 19.7 Å². The van der Waals surface area contributed by atoms with Crippen LogP contribution in [0.4, 0.5) is 19.0 Å². The molecule has 21 heavy (non-hydrogen) atoms. The van der Waals surface area contributed by atoms with E-state index in [4.69, 9.17) is 5.84 Å². The molecule has 2 heterocycles. The lowest BCUT2D eigenvalue weighted by Crippen LogP contribution is -2.16. The Kier molecular flexibility index (Phi) is 2.98. The number of para-hydroxylation sites is 1. The molecule has 0 bridgehead atoms. The first-order valence-corrected chi connectivity index (χ1v) is 5.85. The Morgan fingerprint density at radius 1 is 1.10 bits per heavy atom. The van der Waals surface area contributed by atoms with Crippen LogP contribution in [0.5, 0.6) is 0 Å². The fourth-order valence-corrected chi connectivity index (χ4v) is 1.90. The van der Waals surface area contributed by atoms with Crippen LogP contribution in [0.1, 0.15) is 5.82 Å². The van der Waals surface area contributed by atoms with Crippen molar-refractivity contribution in [2.45, 2.75) is 6.18 Å². The molecule has 0 spiro atoms. The van der Waals surface area contributed by atoms with Crippen molar-refractivity contribution in [1.29, 1.82) is 0 Å². The molecule has 0 atom stereocenters. The lowest BCUT2D eigenvalue weighted by Gasteiger charge is -2.09. The maximum atomic E-state index is 12.8. The average molecular weight is 294 g/mol. The zero-order valence-corrected chi connectivity index (χ0v) is 10.5. The molecular weight excluding hydrogens is 285 g/mol. The summed E-state index contributed by atoms with van der Waals surface area (Å²) in [4.78, 5) is 6.93. The molecule has 108 valence electrons. The van der Waals surface area contributed by atoms with E-state index in [9.17, 15) is 13.2 Å². The molecule has 0 fully saturated rings. The molecule has 0 saturated carbocycles. The van der Waals surface area contributed by atoms with Crippen LogP contribution >= 0.6 is 0 Å². The number of hydrazine groups is 1. The van der Waals surface area contributed by atoms with E-state index in [1.165, 1.54) is 10.9 Å². The fourth-order valence-electron chi connectivity index (χ4n) is 1.90. The number of nitrogens with one attached hydrogen (secondary N) is 1. The lowest BCUT2D eigenvalue weighted by atomic mass is 10.3. The van der Waals surface area contributed by atoms with Crippen LogP contribution in [0, 0.1) is 0 Å². The van der Waals surface area contributed by atoms with E-state index in [0.29, 0.717) is 11.1 Å². The molecule has 1 aromatic carbocycles.